The molecule has 0 bridgehead atoms. The van der Waals surface area contributed by atoms with Gasteiger partial charge in [-0.1, -0.05) is 6.07 Å². The number of nitrogens with zero attached hydrogens (tertiary/aromatic N) is 2. The Labute approximate surface area is 105 Å². The molecule has 1 fully saturated rings. The van der Waals surface area contributed by atoms with Crippen LogP contribution in [0, 0.1) is 10.1 Å². The predicted octanol–water partition coefficient (Wildman–Crippen LogP) is 1.03. The van der Waals surface area contributed by atoms with Crippen LogP contribution in [0.3, 0.4) is 0 Å². The molecule has 0 saturated carbocycles. The molecule has 1 aromatic rings. The number of rotatable bonds is 2. The van der Waals surface area contributed by atoms with E-state index in [1.165, 1.54) is 18.2 Å². The summed E-state index contributed by atoms with van der Waals surface area (Å²) in [6, 6.07) is 6.12. The van der Waals surface area contributed by atoms with Gasteiger partial charge in [0, 0.05) is 43.4 Å². The van der Waals surface area contributed by atoms with Gasteiger partial charge in [-0.25, -0.2) is 0 Å². The van der Waals surface area contributed by atoms with Gasteiger partial charge in [-0.15, -0.1) is 0 Å². The van der Waals surface area contributed by atoms with Crippen LogP contribution in [0.25, 0.3) is 0 Å². The minimum Gasteiger partial charge on any atom is -0.336 e. The van der Waals surface area contributed by atoms with E-state index in [1.807, 2.05) is 6.92 Å². The summed E-state index contributed by atoms with van der Waals surface area (Å²) in [4.78, 5) is 24.1. The number of amides is 1. The molecule has 0 aliphatic carbocycles. The third-order valence-electron chi connectivity index (χ3n) is 2.96. The van der Waals surface area contributed by atoms with Crippen LogP contribution in [-0.2, 0) is 0 Å². The Kier molecular flexibility index (Phi) is 3.57. The predicted molar refractivity (Wildman–Crippen MR) is 66.5 cm³/mol. The average Bonchev–Trinajstić information content (AvgIpc) is 2.38. The van der Waals surface area contributed by atoms with Gasteiger partial charge in [0.05, 0.1) is 4.92 Å². The number of carbonyl (C=O) groups excluding carboxylic acids is 1. The van der Waals surface area contributed by atoms with Crippen LogP contribution < -0.4 is 5.32 Å². The van der Waals surface area contributed by atoms with Crippen molar-refractivity contribution in [2.24, 2.45) is 0 Å². The van der Waals surface area contributed by atoms with Crippen LogP contribution in [0.5, 0.6) is 0 Å². The molecular formula is C12H15N3O3. The second kappa shape index (κ2) is 5.14. The molecule has 1 heterocycles. The Hall–Kier alpha value is -1.95. The molecule has 0 aromatic heterocycles. The van der Waals surface area contributed by atoms with Crippen molar-refractivity contribution in [2.45, 2.75) is 13.0 Å². The maximum Gasteiger partial charge on any atom is 0.270 e. The smallest absolute Gasteiger partial charge is 0.270 e. The first kappa shape index (κ1) is 12.5. The summed E-state index contributed by atoms with van der Waals surface area (Å²) in [5, 5.41) is 13.9. The van der Waals surface area contributed by atoms with Gasteiger partial charge in [0.25, 0.3) is 11.6 Å². The molecule has 0 spiro atoms. The van der Waals surface area contributed by atoms with Crippen LogP contribution in [0.1, 0.15) is 17.3 Å². The average molecular weight is 249 g/mol. The van der Waals surface area contributed by atoms with E-state index >= 15 is 0 Å². The fourth-order valence-electron chi connectivity index (χ4n) is 2.05. The second-order valence-electron chi connectivity index (χ2n) is 4.41. The number of hydrogen-bond acceptors (Lipinski definition) is 4. The summed E-state index contributed by atoms with van der Waals surface area (Å²) in [5.41, 5.74) is 0.322. The zero-order valence-electron chi connectivity index (χ0n) is 10.1. The van der Waals surface area contributed by atoms with Crippen molar-refractivity contribution in [3.8, 4) is 0 Å². The Morgan fingerprint density at radius 2 is 2.33 bits per heavy atom. The zero-order chi connectivity index (χ0) is 13.1. The van der Waals surface area contributed by atoms with Crippen LogP contribution in [0.4, 0.5) is 5.69 Å². The first-order valence-electron chi connectivity index (χ1n) is 5.85. The number of nitro benzene ring substituents is 1. The van der Waals surface area contributed by atoms with Crippen LogP contribution in [0.2, 0.25) is 0 Å². The highest BCUT2D eigenvalue weighted by molar-refractivity contribution is 5.94. The van der Waals surface area contributed by atoms with E-state index in [2.05, 4.69) is 5.32 Å². The van der Waals surface area contributed by atoms with E-state index < -0.39 is 4.92 Å². The summed E-state index contributed by atoms with van der Waals surface area (Å²) < 4.78 is 0. The van der Waals surface area contributed by atoms with Crippen molar-refractivity contribution < 1.29 is 9.72 Å². The quantitative estimate of drug-likeness (QED) is 0.627. The van der Waals surface area contributed by atoms with Crippen molar-refractivity contribution in [3.05, 3.63) is 39.9 Å². The van der Waals surface area contributed by atoms with Gasteiger partial charge in [-0.2, -0.15) is 0 Å². The van der Waals surface area contributed by atoms with Gasteiger partial charge in [-0.3, -0.25) is 14.9 Å². The molecule has 1 unspecified atom stereocenters. The number of hydrogen-bond donors (Lipinski definition) is 1. The van der Waals surface area contributed by atoms with Gasteiger partial charge in [0.1, 0.15) is 0 Å². The molecule has 1 N–H and O–H groups in total. The molecule has 6 heteroatoms. The third kappa shape index (κ3) is 2.65. The first-order valence-corrected chi connectivity index (χ1v) is 5.85. The normalized spacial score (nSPS) is 19.6. The number of carbonyl (C=O) groups is 1. The molecule has 1 aromatic carbocycles. The molecule has 2 rings (SSSR count). The van der Waals surface area contributed by atoms with Gasteiger partial charge >= 0.3 is 0 Å². The highest BCUT2D eigenvalue weighted by Gasteiger charge is 2.22. The first-order chi connectivity index (χ1) is 8.58. The molecule has 0 radical (unpaired) electrons. The molecule has 96 valence electrons. The van der Waals surface area contributed by atoms with Gasteiger partial charge in [0.2, 0.25) is 0 Å². The van der Waals surface area contributed by atoms with Crippen LogP contribution in [0.15, 0.2) is 24.3 Å². The lowest BCUT2D eigenvalue weighted by atomic mass is 10.1. The number of piperazine rings is 1. The summed E-state index contributed by atoms with van der Waals surface area (Å²) in [6.07, 6.45) is 0. The van der Waals surface area contributed by atoms with Crippen LogP contribution in [-0.4, -0.2) is 41.4 Å². The largest absolute Gasteiger partial charge is 0.336 e. The van der Waals surface area contributed by atoms with Crippen molar-refractivity contribution in [3.63, 3.8) is 0 Å². The maximum atomic E-state index is 12.2. The molecule has 1 saturated heterocycles. The minimum atomic E-state index is -0.489. The zero-order valence-corrected chi connectivity index (χ0v) is 10.1. The van der Waals surface area contributed by atoms with E-state index in [0.717, 1.165) is 6.54 Å². The fourth-order valence-corrected chi connectivity index (χ4v) is 2.05. The molecule has 18 heavy (non-hydrogen) atoms. The highest BCUT2D eigenvalue weighted by Crippen LogP contribution is 2.15. The Morgan fingerprint density at radius 3 is 3.00 bits per heavy atom. The minimum absolute atomic E-state index is 0.0518. The van der Waals surface area contributed by atoms with E-state index in [0.29, 0.717) is 18.7 Å². The van der Waals surface area contributed by atoms with Crippen molar-refractivity contribution in [1.29, 1.82) is 0 Å². The van der Waals surface area contributed by atoms with E-state index in [-0.39, 0.29) is 17.6 Å². The Morgan fingerprint density at radius 1 is 1.56 bits per heavy atom. The number of benzene rings is 1. The summed E-state index contributed by atoms with van der Waals surface area (Å²) in [5.74, 6) is -0.146. The molecule has 1 atom stereocenters. The van der Waals surface area contributed by atoms with Crippen molar-refractivity contribution in [1.82, 2.24) is 10.2 Å². The molecule has 6 nitrogen and oxygen atoms in total. The lowest BCUT2D eigenvalue weighted by molar-refractivity contribution is -0.384. The van der Waals surface area contributed by atoms with Gasteiger partial charge < -0.3 is 10.2 Å². The monoisotopic (exact) mass is 249 g/mol. The molecular weight excluding hydrogens is 234 g/mol. The SMILES string of the molecule is CC1CN(C(=O)c2cccc([N+](=O)[O-])c2)CCN1. The second-order valence-corrected chi connectivity index (χ2v) is 4.41. The number of nitrogens with one attached hydrogen (secondary N) is 1. The lowest BCUT2D eigenvalue weighted by Gasteiger charge is -2.31. The Bertz CT molecular complexity index is 475. The Balaban J connectivity index is 2.17. The maximum absolute atomic E-state index is 12.2. The molecule has 1 aliphatic heterocycles. The number of nitro groups is 1. The van der Waals surface area contributed by atoms with Gasteiger partial charge in [-0.05, 0) is 13.0 Å². The van der Waals surface area contributed by atoms with E-state index in [4.69, 9.17) is 0 Å². The van der Waals surface area contributed by atoms with Crippen molar-refractivity contribution in [2.75, 3.05) is 19.6 Å². The molecule has 1 amide bonds. The molecule has 1 aliphatic rings. The van der Waals surface area contributed by atoms with Crippen molar-refractivity contribution >= 4 is 11.6 Å². The summed E-state index contributed by atoms with van der Waals surface area (Å²) in [7, 11) is 0. The lowest BCUT2D eigenvalue weighted by Crippen LogP contribution is -2.51. The third-order valence-corrected chi connectivity index (χ3v) is 2.96. The number of non-ortho nitro benzene ring substituents is 1. The van der Waals surface area contributed by atoms with Gasteiger partial charge in [0.15, 0.2) is 0 Å². The summed E-state index contributed by atoms with van der Waals surface area (Å²) >= 11 is 0. The highest BCUT2D eigenvalue weighted by atomic mass is 16.6. The summed E-state index contributed by atoms with van der Waals surface area (Å²) in [6.45, 7) is 4.02. The van der Waals surface area contributed by atoms with E-state index in [9.17, 15) is 14.9 Å². The van der Waals surface area contributed by atoms with E-state index in [1.54, 1.807) is 11.0 Å². The fraction of sp³-hybridized carbons (Fsp3) is 0.417. The standard InChI is InChI=1S/C12H15N3O3/c1-9-8-14(6-5-13-9)12(16)10-3-2-4-11(7-10)15(17)18/h2-4,7,9,13H,5-6,8H2,1H3. The van der Waals surface area contributed by atoms with Crippen LogP contribution >= 0.6 is 0 Å². The topological polar surface area (TPSA) is 75.5 Å².